The lowest BCUT2D eigenvalue weighted by Gasteiger charge is -2.11. The van der Waals surface area contributed by atoms with Crippen molar-refractivity contribution in [1.29, 1.82) is 0 Å². The van der Waals surface area contributed by atoms with Crippen molar-refractivity contribution < 1.29 is 14.0 Å². The van der Waals surface area contributed by atoms with E-state index in [2.05, 4.69) is 20.0 Å². The molecule has 1 aliphatic rings. The molecule has 0 aliphatic heterocycles. The predicted octanol–water partition coefficient (Wildman–Crippen LogP) is 1.91. The Hall–Kier alpha value is -2.08. The number of hydrogen-bond donors (Lipinski definition) is 1. The van der Waals surface area contributed by atoms with Crippen LogP contribution < -0.4 is 14.8 Å². The van der Waals surface area contributed by atoms with Crippen LogP contribution in [0.15, 0.2) is 29.1 Å². The molecule has 1 aliphatic carbocycles. The highest BCUT2D eigenvalue weighted by Gasteiger charge is 2.20. The van der Waals surface area contributed by atoms with Crippen molar-refractivity contribution in [1.82, 2.24) is 15.5 Å². The molecule has 1 saturated carbocycles. The summed E-state index contributed by atoms with van der Waals surface area (Å²) in [6.07, 6.45) is 3.83. The number of ether oxygens (including phenoxy) is 2. The van der Waals surface area contributed by atoms with E-state index >= 15 is 0 Å². The van der Waals surface area contributed by atoms with Crippen molar-refractivity contribution in [2.45, 2.75) is 32.0 Å². The topological polar surface area (TPSA) is 69.4 Å². The van der Waals surface area contributed by atoms with E-state index in [1.165, 1.54) is 24.8 Å². The van der Waals surface area contributed by atoms with Gasteiger partial charge in [-0.25, -0.2) is 0 Å². The standard InChI is InChI=1S/C14H17N3O3/c1-18-12-5-2-10(7-15-11-3-4-11)6-13(12)19-8-14-16-9-20-17-14/h2,5-6,9,11,15H,3-4,7-8H2,1H3. The van der Waals surface area contributed by atoms with Gasteiger partial charge >= 0.3 is 0 Å². The molecule has 1 aromatic heterocycles. The van der Waals surface area contributed by atoms with Gasteiger partial charge in [-0.3, -0.25) is 0 Å². The number of nitrogens with one attached hydrogen (secondary N) is 1. The minimum Gasteiger partial charge on any atom is -0.493 e. The lowest BCUT2D eigenvalue weighted by atomic mass is 10.2. The lowest BCUT2D eigenvalue weighted by Crippen LogP contribution is -2.15. The molecule has 20 heavy (non-hydrogen) atoms. The number of benzene rings is 1. The van der Waals surface area contributed by atoms with Crippen molar-refractivity contribution in [3.8, 4) is 11.5 Å². The van der Waals surface area contributed by atoms with E-state index in [1.807, 2.05) is 18.2 Å². The smallest absolute Gasteiger partial charge is 0.213 e. The number of hydrogen-bond acceptors (Lipinski definition) is 6. The van der Waals surface area contributed by atoms with Gasteiger partial charge in [0.05, 0.1) is 7.11 Å². The Bertz CT molecular complexity index is 553. The maximum absolute atomic E-state index is 5.70. The molecule has 0 amide bonds. The highest BCUT2D eigenvalue weighted by molar-refractivity contribution is 5.43. The predicted molar refractivity (Wildman–Crippen MR) is 71.5 cm³/mol. The minimum atomic E-state index is 0.256. The molecule has 0 saturated heterocycles. The largest absolute Gasteiger partial charge is 0.493 e. The van der Waals surface area contributed by atoms with Crippen LogP contribution in [0, 0.1) is 0 Å². The number of methoxy groups -OCH3 is 1. The summed E-state index contributed by atoms with van der Waals surface area (Å²) in [5.74, 6) is 1.89. The molecule has 1 N–H and O–H groups in total. The van der Waals surface area contributed by atoms with Gasteiger partial charge in [0.1, 0.15) is 0 Å². The quantitative estimate of drug-likeness (QED) is 0.832. The average Bonchev–Trinajstić information content (AvgIpc) is 3.17. The number of rotatable bonds is 7. The van der Waals surface area contributed by atoms with E-state index in [0.29, 0.717) is 23.4 Å². The molecule has 3 rings (SSSR count). The molecule has 1 fully saturated rings. The third kappa shape index (κ3) is 3.27. The van der Waals surface area contributed by atoms with Crippen LogP contribution in [-0.4, -0.2) is 23.3 Å². The summed E-state index contributed by atoms with van der Waals surface area (Å²) in [6.45, 7) is 1.10. The van der Waals surface area contributed by atoms with Gasteiger partial charge in [0.25, 0.3) is 0 Å². The van der Waals surface area contributed by atoms with E-state index in [9.17, 15) is 0 Å². The zero-order valence-corrected chi connectivity index (χ0v) is 11.3. The van der Waals surface area contributed by atoms with Crippen molar-refractivity contribution in [3.05, 3.63) is 36.0 Å². The van der Waals surface area contributed by atoms with Crippen molar-refractivity contribution in [2.24, 2.45) is 0 Å². The lowest BCUT2D eigenvalue weighted by molar-refractivity contribution is 0.269. The molecule has 106 valence electrons. The van der Waals surface area contributed by atoms with E-state index in [4.69, 9.17) is 9.47 Å². The fourth-order valence-electron chi connectivity index (χ4n) is 1.89. The van der Waals surface area contributed by atoms with Crippen LogP contribution in [0.3, 0.4) is 0 Å². The van der Waals surface area contributed by atoms with Crippen molar-refractivity contribution in [3.63, 3.8) is 0 Å². The summed E-state index contributed by atoms with van der Waals surface area (Å²) < 4.78 is 15.7. The third-order valence-electron chi connectivity index (χ3n) is 3.16. The van der Waals surface area contributed by atoms with Gasteiger partial charge in [0, 0.05) is 12.6 Å². The Kier molecular flexibility index (Phi) is 3.83. The van der Waals surface area contributed by atoms with Crippen LogP contribution in [-0.2, 0) is 13.2 Å². The van der Waals surface area contributed by atoms with Gasteiger partial charge in [-0.1, -0.05) is 11.2 Å². The molecule has 0 spiro atoms. The summed E-state index contributed by atoms with van der Waals surface area (Å²) in [6, 6.07) is 6.61. The fraction of sp³-hybridized carbons (Fsp3) is 0.429. The zero-order chi connectivity index (χ0) is 13.8. The zero-order valence-electron chi connectivity index (χ0n) is 11.3. The Labute approximate surface area is 117 Å². The number of aromatic nitrogens is 2. The first-order valence-corrected chi connectivity index (χ1v) is 6.63. The average molecular weight is 275 g/mol. The molecule has 6 heteroatoms. The third-order valence-corrected chi connectivity index (χ3v) is 3.16. The molecule has 2 aromatic rings. The summed E-state index contributed by atoms with van der Waals surface area (Å²) >= 11 is 0. The van der Waals surface area contributed by atoms with Crippen LogP contribution in [0.5, 0.6) is 11.5 Å². The summed E-state index contributed by atoms with van der Waals surface area (Å²) in [4.78, 5) is 3.92. The monoisotopic (exact) mass is 275 g/mol. The molecule has 1 aromatic carbocycles. The Morgan fingerprint density at radius 2 is 2.25 bits per heavy atom. The molecule has 6 nitrogen and oxygen atoms in total. The SMILES string of the molecule is COc1ccc(CNC2CC2)cc1OCc1ncon1. The fourth-order valence-corrected chi connectivity index (χ4v) is 1.89. The first kappa shape index (κ1) is 12.9. The highest BCUT2D eigenvalue weighted by Crippen LogP contribution is 2.29. The Morgan fingerprint density at radius 3 is 2.95 bits per heavy atom. The highest BCUT2D eigenvalue weighted by atomic mass is 16.5. The first-order valence-electron chi connectivity index (χ1n) is 6.63. The second-order valence-electron chi connectivity index (χ2n) is 4.78. The normalized spacial score (nSPS) is 14.2. The maximum Gasteiger partial charge on any atom is 0.213 e. The van der Waals surface area contributed by atoms with Gasteiger partial charge in [-0.2, -0.15) is 4.98 Å². The molecule has 0 unspecified atom stereocenters. The van der Waals surface area contributed by atoms with Gasteiger partial charge in [-0.15, -0.1) is 0 Å². The second kappa shape index (κ2) is 5.92. The molecular formula is C14H17N3O3. The van der Waals surface area contributed by atoms with Crippen LogP contribution in [0.1, 0.15) is 24.2 Å². The molecule has 0 bridgehead atoms. The van der Waals surface area contributed by atoms with Gasteiger partial charge in [-0.05, 0) is 30.5 Å². The molecule has 0 radical (unpaired) electrons. The van der Waals surface area contributed by atoms with E-state index in [1.54, 1.807) is 7.11 Å². The van der Waals surface area contributed by atoms with Gasteiger partial charge in [0.15, 0.2) is 18.1 Å². The molecule has 1 heterocycles. The molecule has 0 atom stereocenters. The summed E-state index contributed by atoms with van der Waals surface area (Å²) in [5, 5.41) is 7.18. The van der Waals surface area contributed by atoms with E-state index in [0.717, 1.165) is 6.54 Å². The van der Waals surface area contributed by atoms with Crippen LogP contribution in [0.2, 0.25) is 0 Å². The van der Waals surface area contributed by atoms with Gasteiger partial charge < -0.3 is 19.3 Å². The molecular weight excluding hydrogens is 258 g/mol. The minimum absolute atomic E-state index is 0.256. The van der Waals surface area contributed by atoms with Crippen molar-refractivity contribution >= 4 is 0 Å². The summed E-state index contributed by atoms with van der Waals surface area (Å²) in [7, 11) is 1.62. The summed E-state index contributed by atoms with van der Waals surface area (Å²) in [5.41, 5.74) is 1.17. The Morgan fingerprint density at radius 1 is 1.35 bits per heavy atom. The number of nitrogens with zero attached hydrogens (tertiary/aromatic N) is 2. The van der Waals surface area contributed by atoms with Crippen LogP contribution >= 0.6 is 0 Å². The van der Waals surface area contributed by atoms with E-state index < -0.39 is 0 Å². The first-order chi connectivity index (χ1) is 9.85. The van der Waals surface area contributed by atoms with Crippen LogP contribution in [0.4, 0.5) is 0 Å². The van der Waals surface area contributed by atoms with Gasteiger partial charge in [0.2, 0.25) is 12.2 Å². The van der Waals surface area contributed by atoms with Crippen molar-refractivity contribution in [2.75, 3.05) is 7.11 Å². The second-order valence-corrected chi connectivity index (χ2v) is 4.78. The van der Waals surface area contributed by atoms with E-state index in [-0.39, 0.29) is 6.61 Å². The maximum atomic E-state index is 5.70. The van der Waals surface area contributed by atoms with Crippen LogP contribution in [0.25, 0.3) is 0 Å². The Balaban J connectivity index is 1.66.